The maximum Gasteiger partial charge on any atom is 0.229 e. The van der Waals surface area contributed by atoms with E-state index in [1.54, 1.807) is 24.3 Å². The fraction of sp³-hybridized carbons (Fsp3) is 0.100. The predicted octanol–water partition coefficient (Wildman–Crippen LogP) is 1.30. The van der Waals surface area contributed by atoms with Gasteiger partial charge in [-0.25, -0.2) is 8.42 Å². The number of para-hydroxylation sites is 1. The second-order valence-electron chi connectivity index (χ2n) is 3.53. The van der Waals surface area contributed by atoms with Crippen molar-refractivity contribution < 1.29 is 12.9 Å². The molecule has 17 heavy (non-hydrogen) atoms. The first-order valence-electron chi connectivity index (χ1n) is 4.75. The highest BCUT2D eigenvalue weighted by atomic mass is 32.2. The van der Waals surface area contributed by atoms with E-state index in [0.29, 0.717) is 16.9 Å². The van der Waals surface area contributed by atoms with Crippen LogP contribution in [0.5, 0.6) is 0 Å². The van der Waals surface area contributed by atoms with Crippen molar-refractivity contribution in [3.05, 3.63) is 30.3 Å². The summed E-state index contributed by atoms with van der Waals surface area (Å²) in [7, 11) is -3.34. The molecule has 7 heteroatoms. The lowest BCUT2D eigenvalue weighted by molar-refractivity contribution is 0.439. The number of nitrogens with two attached hydrogens (primary N) is 1. The highest BCUT2D eigenvalue weighted by molar-refractivity contribution is 7.92. The Hall–Kier alpha value is -2.02. The van der Waals surface area contributed by atoms with Gasteiger partial charge in [-0.2, -0.15) is 0 Å². The molecule has 0 fully saturated rings. The van der Waals surface area contributed by atoms with Crippen molar-refractivity contribution in [1.29, 1.82) is 0 Å². The molecule has 0 aliphatic rings. The van der Waals surface area contributed by atoms with Gasteiger partial charge in [0.15, 0.2) is 0 Å². The van der Waals surface area contributed by atoms with E-state index in [4.69, 9.17) is 10.3 Å². The third kappa shape index (κ3) is 2.76. The summed E-state index contributed by atoms with van der Waals surface area (Å²) in [6.45, 7) is 0. The molecule has 1 aromatic heterocycles. The third-order valence-electron chi connectivity index (χ3n) is 2.03. The molecule has 0 aliphatic carbocycles. The highest BCUT2D eigenvalue weighted by Gasteiger charge is 2.11. The van der Waals surface area contributed by atoms with E-state index >= 15 is 0 Å². The van der Waals surface area contributed by atoms with Crippen LogP contribution in [0.4, 0.5) is 11.6 Å². The van der Waals surface area contributed by atoms with Crippen LogP contribution in [0.25, 0.3) is 11.3 Å². The van der Waals surface area contributed by atoms with Gasteiger partial charge in [0.2, 0.25) is 15.9 Å². The summed E-state index contributed by atoms with van der Waals surface area (Å²) >= 11 is 0. The molecule has 0 amide bonds. The number of rotatable bonds is 3. The average molecular weight is 253 g/mol. The van der Waals surface area contributed by atoms with Crippen LogP contribution in [0, 0.1) is 0 Å². The number of hydrogen-bond donors (Lipinski definition) is 2. The number of benzene rings is 1. The van der Waals surface area contributed by atoms with Gasteiger partial charge in [0.25, 0.3) is 0 Å². The Morgan fingerprint density at radius 3 is 2.65 bits per heavy atom. The number of nitrogens with one attached hydrogen (secondary N) is 1. The van der Waals surface area contributed by atoms with Crippen LogP contribution >= 0.6 is 0 Å². The van der Waals surface area contributed by atoms with Gasteiger partial charge in [0.05, 0.1) is 11.9 Å². The van der Waals surface area contributed by atoms with Crippen molar-refractivity contribution in [2.45, 2.75) is 0 Å². The molecule has 0 saturated heterocycles. The van der Waals surface area contributed by atoms with E-state index in [1.165, 1.54) is 6.07 Å². The second-order valence-corrected chi connectivity index (χ2v) is 5.28. The van der Waals surface area contributed by atoms with Gasteiger partial charge < -0.3 is 10.3 Å². The lowest BCUT2D eigenvalue weighted by Crippen LogP contribution is -2.10. The van der Waals surface area contributed by atoms with E-state index < -0.39 is 10.0 Å². The average Bonchev–Trinajstić information content (AvgIpc) is 2.63. The molecule has 0 atom stereocenters. The van der Waals surface area contributed by atoms with E-state index in [0.717, 1.165) is 6.26 Å². The summed E-state index contributed by atoms with van der Waals surface area (Å²) in [6, 6.07) is 8.39. The second kappa shape index (κ2) is 4.10. The zero-order valence-corrected chi connectivity index (χ0v) is 9.86. The number of aromatic nitrogens is 1. The smallest absolute Gasteiger partial charge is 0.229 e. The molecular weight excluding hydrogens is 242 g/mol. The standard InChI is InChI=1S/C10H11N3O3S/c1-17(14,15)13-8-5-3-2-4-7(8)9-6-10(11)16-12-9/h2-6,13H,11H2,1H3. The molecule has 0 unspecified atom stereocenters. The molecular formula is C10H11N3O3S. The first-order valence-corrected chi connectivity index (χ1v) is 6.64. The van der Waals surface area contributed by atoms with Crippen LogP contribution in [-0.2, 0) is 10.0 Å². The Morgan fingerprint density at radius 2 is 2.06 bits per heavy atom. The molecule has 2 aromatic rings. The van der Waals surface area contributed by atoms with Crippen molar-refractivity contribution >= 4 is 21.6 Å². The number of anilines is 2. The Bertz CT molecular complexity index is 634. The SMILES string of the molecule is CS(=O)(=O)Nc1ccccc1-c1cc(N)on1. The summed E-state index contributed by atoms with van der Waals surface area (Å²) in [4.78, 5) is 0. The summed E-state index contributed by atoms with van der Waals surface area (Å²) < 4.78 is 29.6. The quantitative estimate of drug-likeness (QED) is 0.859. The van der Waals surface area contributed by atoms with Gasteiger partial charge in [0, 0.05) is 11.6 Å². The summed E-state index contributed by atoms with van der Waals surface area (Å²) in [5.74, 6) is 0.175. The summed E-state index contributed by atoms with van der Waals surface area (Å²) in [5, 5.41) is 3.74. The number of sulfonamides is 1. The Morgan fingerprint density at radius 1 is 1.35 bits per heavy atom. The summed E-state index contributed by atoms with van der Waals surface area (Å²) in [5.41, 5.74) is 6.95. The monoisotopic (exact) mass is 253 g/mol. The van der Waals surface area contributed by atoms with Gasteiger partial charge in [0.1, 0.15) is 5.69 Å². The number of nitrogens with zero attached hydrogens (tertiary/aromatic N) is 1. The van der Waals surface area contributed by atoms with Gasteiger partial charge in [-0.1, -0.05) is 23.4 Å². The maximum atomic E-state index is 11.2. The number of nitrogen functional groups attached to an aromatic ring is 1. The van der Waals surface area contributed by atoms with Gasteiger partial charge >= 0.3 is 0 Å². The minimum atomic E-state index is -3.34. The Kier molecular flexibility index (Phi) is 2.76. The lowest BCUT2D eigenvalue weighted by Gasteiger charge is -2.07. The Labute approximate surface area is 98.5 Å². The molecule has 1 heterocycles. The largest absolute Gasteiger partial charge is 0.368 e. The first-order chi connectivity index (χ1) is 7.96. The topological polar surface area (TPSA) is 98.2 Å². The molecule has 0 radical (unpaired) electrons. The van der Waals surface area contributed by atoms with E-state index in [-0.39, 0.29) is 5.88 Å². The van der Waals surface area contributed by atoms with Crippen LogP contribution in [-0.4, -0.2) is 19.8 Å². The van der Waals surface area contributed by atoms with E-state index in [1.807, 2.05) is 0 Å². The van der Waals surface area contributed by atoms with Crippen molar-refractivity contribution in [1.82, 2.24) is 5.16 Å². The summed E-state index contributed by atoms with van der Waals surface area (Å²) in [6.07, 6.45) is 1.08. The van der Waals surface area contributed by atoms with E-state index in [2.05, 4.69) is 9.88 Å². The van der Waals surface area contributed by atoms with Crippen molar-refractivity contribution in [2.24, 2.45) is 0 Å². The minimum absolute atomic E-state index is 0.175. The Balaban J connectivity index is 2.48. The van der Waals surface area contributed by atoms with Crippen molar-refractivity contribution in [3.63, 3.8) is 0 Å². The normalized spacial score (nSPS) is 11.4. The molecule has 6 nitrogen and oxygen atoms in total. The fourth-order valence-corrected chi connectivity index (χ4v) is 1.99. The third-order valence-corrected chi connectivity index (χ3v) is 2.62. The molecule has 0 bridgehead atoms. The highest BCUT2D eigenvalue weighted by Crippen LogP contribution is 2.28. The fourth-order valence-electron chi connectivity index (χ4n) is 1.41. The molecule has 0 aliphatic heterocycles. The van der Waals surface area contributed by atoms with Crippen LogP contribution < -0.4 is 10.5 Å². The van der Waals surface area contributed by atoms with Gasteiger partial charge in [-0.3, -0.25) is 4.72 Å². The zero-order chi connectivity index (χ0) is 12.5. The molecule has 2 rings (SSSR count). The molecule has 90 valence electrons. The van der Waals surface area contributed by atoms with Crippen molar-refractivity contribution in [2.75, 3.05) is 16.7 Å². The maximum absolute atomic E-state index is 11.2. The van der Waals surface area contributed by atoms with Crippen LogP contribution in [0.15, 0.2) is 34.9 Å². The molecule has 3 N–H and O–H groups in total. The first kappa shape index (κ1) is 11.5. The van der Waals surface area contributed by atoms with Gasteiger partial charge in [-0.05, 0) is 6.07 Å². The van der Waals surface area contributed by atoms with Gasteiger partial charge in [-0.15, -0.1) is 0 Å². The van der Waals surface area contributed by atoms with Crippen LogP contribution in [0.2, 0.25) is 0 Å². The van der Waals surface area contributed by atoms with Crippen LogP contribution in [0.1, 0.15) is 0 Å². The molecule has 1 aromatic carbocycles. The predicted molar refractivity (Wildman–Crippen MR) is 64.8 cm³/mol. The van der Waals surface area contributed by atoms with Crippen LogP contribution in [0.3, 0.4) is 0 Å². The van der Waals surface area contributed by atoms with E-state index in [9.17, 15) is 8.42 Å². The molecule has 0 spiro atoms. The van der Waals surface area contributed by atoms with Crippen molar-refractivity contribution in [3.8, 4) is 11.3 Å². The zero-order valence-electron chi connectivity index (χ0n) is 9.04. The minimum Gasteiger partial charge on any atom is -0.368 e. The lowest BCUT2D eigenvalue weighted by atomic mass is 10.1. The number of hydrogen-bond acceptors (Lipinski definition) is 5. The molecule has 0 saturated carbocycles.